The molecule has 1 amide bonds. The fourth-order valence-electron chi connectivity index (χ4n) is 1.59. The molecule has 0 aliphatic rings. The van der Waals surface area contributed by atoms with Crippen LogP contribution in [0.3, 0.4) is 0 Å². The average molecular weight is 336 g/mol. The van der Waals surface area contributed by atoms with Crippen molar-refractivity contribution in [2.75, 3.05) is 11.1 Å². The summed E-state index contributed by atoms with van der Waals surface area (Å²) in [6.07, 6.45) is 0. The molecule has 4 heteroatoms. The van der Waals surface area contributed by atoms with Crippen LogP contribution in [0, 0.1) is 0 Å². The summed E-state index contributed by atoms with van der Waals surface area (Å²) in [5.74, 6) is 0.434. The van der Waals surface area contributed by atoms with Gasteiger partial charge in [0.15, 0.2) is 0 Å². The molecule has 0 saturated carbocycles. The molecule has 98 valence electrons. The minimum atomic E-state index is 0.0144. The van der Waals surface area contributed by atoms with Gasteiger partial charge in [-0.15, -0.1) is 11.8 Å². The van der Waals surface area contributed by atoms with Crippen molar-refractivity contribution in [1.29, 1.82) is 0 Å². The van der Waals surface area contributed by atoms with Crippen molar-refractivity contribution in [3.8, 4) is 0 Å². The van der Waals surface area contributed by atoms with E-state index in [1.54, 1.807) is 0 Å². The normalized spacial score (nSPS) is 10.2. The predicted octanol–water partition coefficient (Wildman–Crippen LogP) is 4.31. The molecule has 2 aromatic rings. The third-order valence-corrected chi connectivity index (χ3v) is 4.14. The molecule has 0 aliphatic carbocycles. The van der Waals surface area contributed by atoms with Crippen molar-refractivity contribution in [2.45, 2.75) is 10.2 Å². The Bertz CT molecular complexity index is 545. The molecule has 0 radical (unpaired) electrons. The van der Waals surface area contributed by atoms with Crippen molar-refractivity contribution in [2.24, 2.45) is 0 Å². The standard InChI is InChI=1S/C15H14BrNOS/c16-10-12-5-4-6-13(9-12)17-15(18)11-19-14-7-2-1-3-8-14/h1-9H,10-11H2,(H,17,18). The Balaban J connectivity index is 1.87. The summed E-state index contributed by atoms with van der Waals surface area (Å²) in [4.78, 5) is 12.9. The molecule has 2 aromatic carbocycles. The van der Waals surface area contributed by atoms with Gasteiger partial charge in [-0.3, -0.25) is 4.79 Å². The summed E-state index contributed by atoms with van der Waals surface area (Å²) in [6.45, 7) is 0. The Morgan fingerprint density at radius 2 is 1.89 bits per heavy atom. The van der Waals surface area contributed by atoms with Gasteiger partial charge in [0.1, 0.15) is 0 Å². The molecule has 0 heterocycles. The Labute approximate surface area is 125 Å². The van der Waals surface area contributed by atoms with Gasteiger partial charge in [-0.05, 0) is 29.8 Å². The fourth-order valence-corrected chi connectivity index (χ4v) is 2.66. The Morgan fingerprint density at radius 1 is 1.11 bits per heavy atom. The number of anilines is 1. The van der Waals surface area contributed by atoms with E-state index in [4.69, 9.17) is 0 Å². The van der Waals surface area contributed by atoms with Crippen molar-refractivity contribution in [3.05, 3.63) is 60.2 Å². The van der Waals surface area contributed by atoms with Crippen LogP contribution >= 0.6 is 27.7 Å². The smallest absolute Gasteiger partial charge is 0.234 e. The molecule has 0 saturated heterocycles. The summed E-state index contributed by atoms with van der Waals surface area (Å²) in [7, 11) is 0. The number of alkyl halides is 1. The first-order chi connectivity index (χ1) is 9.28. The minimum Gasteiger partial charge on any atom is -0.325 e. The molecular formula is C15H14BrNOS. The fraction of sp³-hybridized carbons (Fsp3) is 0.133. The van der Waals surface area contributed by atoms with Crippen LogP contribution in [0.2, 0.25) is 0 Å². The van der Waals surface area contributed by atoms with Crippen molar-refractivity contribution in [3.63, 3.8) is 0 Å². The van der Waals surface area contributed by atoms with Gasteiger partial charge in [0.05, 0.1) is 5.75 Å². The molecule has 2 nitrogen and oxygen atoms in total. The molecule has 0 fully saturated rings. The summed E-state index contributed by atoms with van der Waals surface area (Å²) >= 11 is 4.94. The number of benzene rings is 2. The lowest BCUT2D eigenvalue weighted by Gasteiger charge is -2.06. The maximum atomic E-state index is 11.8. The quantitative estimate of drug-likeness (QED) is 0.651. The molecule has 0 atom stereocenters. The average Bonchev–Trinajstić information content (AvgIpc) is 2.46. The van der Waals surface area contributed by atoms with E-state index in [0.29, 0.717) is 5.75 Å². The maximum Gasteiger partial charge on any atom is 0.234 e. The second kappa shape index (κ2) is 7.36. The molecule has 0 unspecified atom stereocenters. The molecule has 0 spiro atoms. The van der Waals surface area contributed by atoms with Crippen LogP contribution in [-0.4, -0.2) is 11.7 Å². The molecule has 0 aliphatic heterocycles. The Hall–Kier alpha value is -1.26. The van der Waals surface area contributed by atoms with Crippen LogP contribution in [0.5, 0.6) is 0 Å². The van der Waals surface area contributed by atoms with E-state index >= 15 is 0 Å². The highest BCUT2D eigenvalue weighted by Crippen LogP contribution is 2.18. The van der Waals surface area contributed by atoms with Crippen molar-refractivity contribution in [1.82, 2.24) is 0 Å². The number of thioether (sulfide) groups is 1. The number of amides is 1. The summed E-state index contributed by atoms with van der Waals surface area (Å²) < 4.78 is 0. The molecule has 2 rings (SSSR count). The van der Waals surface area contributed by atoms with Gasteiger partial charge in [-0.1, -0.05) is 46.3 Å². The number of carbonyl (C=O) groups excluding carboxylic acids is 1. The number of rotatable bonds is 5. The maximum absolute atomic E-state index is 11.8. The van der Waals surface area contributed by atoms with E-state index in [1.165, 1.54) is 11.8 Å². The number of nitrogens with one attached hydrogen (secondary N) is 1. The van der Waals surface area contributed by atoms with E-state index < -0.39 is 0 Å². The highest BCUT2D eigenvalue weighted by atomic mass is 79.9. The molecule has 0 aromatic heterocycles. The highest BCUT2D eigenvalue weighted by molar-refractivity contribution is 9.08. The van der Waals surface area contributed by atoms with E-state index in [9.17, 15) is 4.79 Å². The van der Waals surface area contributed by atoms with Crippen molar-refractivity contribution < 1.29 is 4.79 Å². The van der Waals surface area contributed by atoms with E-state index in [1.807, 2.05) is 54.6 Å². The van der Waals surface area contributed by atoms with E-state index in [0.717, 1.165) is 21.5 Å². The second-order valence-corrected chi connectivity index (χ2v) is 5.59. The highest BCUT2D eigenvalue weighted by Gasteiger charge is 2.03. The summed E-state index contributed by atoms with van der Waals surface area (Å²) in [5, 5.41) is 3.69. The van der Waals surface area contributed by atoms with Gasteiger partial charge < -0.3 is 5.32 Å². The van der Waals surface area contributed by atoms with Crippen LogP contribution in [0.4, 0.5) is 5.69 Å². The van der Waals surface area contributed by atoms with E-state index in [2.05, 4.69) is 21.2 Å². The van der Waals surface area contributed by atoms with Gasteiger partial charge >= 0.3 is 0 Å². The third-order valence-electron chi connectivity index (χ3n) is 2.48. The third kappa shape index (κ3) is 4.73. The molecule has 0 bridgehead atoms. The SMILES string of the molecule is O=C(CSc1ccccc1)Nc1cccc(CBr)c1. The van der Waals surface area contributed by atoms with Crippen LogP contribution in [0.25, 0.3) is 0 Å². The lowest BCUT2D eigenvalue weighted by molar-refractivity contribution is -0.113. The summed E-state index contributed by atoms with van der Waals surface area (Å²) in [6, 6.07) is 17.7. The van der Waals surface area contributed by atoms with Gasteiger partial charge in [0, 0.05) is 15.9 Å². The monoisotopic (exact) mass is 335 g/mol. The molecule has 19 heavy (non-hydrogen) atoms. The van der Waals surface area contributed by atoms with Crippen molar-refractivity contribution >= 4 is 39.3 Å². The predicted molar refractivity (Wildman–Crippen MR) is 84.9 cm³/mol. The van der Waals surface area contributed by atoms with Crippen LogP contribution < -0.4 is 5.32 Å². The number of halogens is 1. The number of hydrogen-bond donors (Lipinski definition) is 1. The zero-order valence-electron chi connectivity index (χ0n) is 10.3. The first kappa shape index (κ1) is 14.2. The van der Waals surface area contributed by atoms with Gasteiger partial charge in [-0.25, -0.2) is 0 Å². The second-order valence-electron chi connectivity index (χ2n) is 3.98. The number of carbonyl (C=O) groups is 1. The lowest BCUT2D eigenvalue weighted by atomic mass is 10.2. The van der Waals surface area contributed by atoms with Crippen LogP contribution in [-0.2, 0) is 10.1 Å². The summed E-state index contributed by atoms with van der Waals surface area (Å²) in [5.41, 5.74) is 1.99. The lowest BCUT2D eigenvalue weighted by Crippen LogP contribution is -2.14. The largest absolute Gasteiger partial charge is 0.325 e. The zero-order chi connectivity index (χ0) is 13.5. The minimum absolute atomic E-state index is 0.0144. The van der Waals surface area contributed by atoms with Crippen LogP contribution in [0.15, 0.2) is 59.5 Å². The Morgan fingerprint density at radius 3 is 2.63 bits per heavy atom. The number of hydrogen-bond acceptors (Lipinski definition) is 2. The van der Waals surface area contributed by atoms with E-state index in [-0.39, 0.29) is 5.91 Å². The first-order valence-corrected chi connectivity index (χ1v) is 8.01. The molecular weight excluding hydrogens is 322 g/mol. The first-order valence-electron chi connectivity index (χ1n) is 5.90. The van der Waals surface area contributed by atoms with Gasteiger partial charge in [0.25, 0.3) is 0 Å². The van der Waals surface area contributed by atoms with Gasteiger partial charge in [0.2, 0.25) is 5.91 Å². The van der Waals surface area contributed by atoms with Crippen LogP contribution in [0.1, 0.15) is 5.56 Å². The van der Waals surface area contributed by atoms with Gasteiger partial charge in [-0.2, -0.15) is 0 Å². The molecule has 1 N–H and O–H groups in total. The Kier molecular flexibility index (Phi) is 5.48. The zero-order valence-corrected chi connectivity index (χ0v) is 12.7. The topological polar surface area (TPSA) is 29.1 Å².